The number of amides is 1. The standard InChI is InChI=1S/C18H16BrN3O3/c1-24-16-8-3-12(9-17(16)25-2)18(23)21-14-4-6-15(7-5-14)22-11-13(19)10-20-22/h3-11H,1-2H3,(H,21,23). The maximum absolute atomic E-state index is 12.4. The molecule has 6 nitrogen and oxygen atoms in total. The van der Waals surface area contributed by atoms with E-state index in [-0.39, 0.29) is 5.91 Å². The lowest BCUT2D eigenvalue weighted by Gasteiger charge is -2.10. The van der Waals surface area contributed by atoms with Gasteiger partial charge in [0, 0.05) is 17.4 Å². The minimum atomic E-state index is -0.226. The maximum Gasteiger partial charge on any atom is 0.255 e. The molecule has 0 radical (unpaired) electrons. The molecule has 0 saturated heterocycles. The highest BCUT2D eigenvalue weighted by Crippen LogP contribution is 2.28. The molecule has 0 saturated carbocycles. The first-order valence-electron chi connectivity index (χ1n) is 7.44. The largest absolute Gasteiger partial charge is 0.493 e. The van der Waals surface area contributed by atoms with Crippen LogP contribution in [0.3, 0.4) is 0 Å². The highest BCUT2D eigenvalue weighted by molar-refractivity contribution is 9.10. The minimum absolute atomic E-state index is 0.226. The van der Waals surface area contributed by atoms with Crippen LogP contribution in [-0.2, 0) is 0 Å². The molecule has 128 valence electrons. The summed E-state index contributed by atoms with van der Waals surface area (Å²) in [6.45, 7) is 0. The van der Waals surface area contributed by atoms with Crippen molar-refractivity contribution < 1.29 is 14.3 Å². The molecule has 1 aromatic heterocycles. The maximum atomic E-state index is 12.4. The molecule has 0 aliphatic carbocycles. The molecule has 0 atom stereocenters. The summed E-state index contributed by atoms with van der Waals surface area (Å²) in [6.07, 6.45) is 3.57. The van der Waals surface area contributed by atoms with Gasteiger partial charge in [0.15, 0.2) is 11.5 Å². The van der Waals surface area contributed by atoms with Crippen LogP contribution in [0.5, 0.6) is 11.5 Å². The zero-order valence-corrected chi connectivity index (χ0v) is 15.3. The number of aromatic nitrogens is 2. The number of nitrogens with zero attached hydrogens (tertiary/aromatic N) is 2. The molecule has 3 rings (SSSR count). The van der Waals surface area contributed by atoms with Crippen LogP contribution in [0.2, 0.25) is 0 Å². The molecule has 0 fully saturated rings. The number of nitrogens with one attached hydrogen (secondary N) is 1. The molecule has 0 aliphatic rings. The highest BCUT2D eigenvalue weighted by atomic mass is 79.9. The van der Waals surface area contributed by atoms with E-state index in [1.807, 2.05) is 30.5 Å². The summed E-state index contributed by atoms with van der Waals surface area (Å²) in [4.78, 5) is 12.4. The summed E-state index contributed by atoms with van der Waals surface area (Å²) in [7, 11) is 3.09. The Bertz CT molecular complexity index is 891. The second kappa shape index (κ2) is 7.40. The lowest BCUT2D eigenvalue weighted by molar-refractivity contribution is 0.102. The second-order valence-corrected chi connectivity index (χ2v) is 6.09. The fourth-order valence-corrected chi connectivity index (χ4v) is 2.61. The zero-order chi connectivity index (χ0) is 17.8. The Balaban J connectivity index is 1.74. The van der Waals surface area contributed by atoms with Crippen LogP contribution in [0, 0.1) is 0 Å². The third kappa shape index (κ3) is 3.83. The summed E-state index contributed by atoms with van der Waals surface area (Å²) < 4.78 is 13.0. The fraction of sp³-hybridized carbons (Fsp3) is 0.111. The average molecular weight is 402 g/mol. The molecule has 3 aromatic rings. The van der Waals surface area contributed by atoms with Gasteiger partial charge in [-0.25, -0.2) is 4.68 Å². The number of hydrogen-bond acceptors (Lipinski definition) is 4. The van der Waals surface area contributed by atoms with Crippen LogP contribution in [0.4, 0.5) is 5.69 Å². The molecule has 1 heterocycles. The predicted octanol–water partition coefficient (Wildman–Crippen LogP) is 3.90. The molecular weight excluding hydrogens is 386 g/mol. The molecule has 7 heteroatoms. The predicted molar refractivity (Wildman–Crippen MR) is 98.8 cm³/mol. The van der Waals surface area contributed by atoms with E-state index in [2.05, 4.69) is 26.3 Å². The Hall–Kier alpha value is -2.80. The number of carbonyl (C=O) groups is 1. The minimum Gasteiger partial charge on any atom is -0.493 e. The smallest absolute Gasteiger partial charge is 0.255 e. The van der Waals surface area contributed by atoms with Crippen molar-refractivity contribution in [1.82, 2.24) is 9.78 Å². The van der Waals surface area contributed by atoms with E-state index in [0.29, 0.717) is 22.7 Å². The summed E-state index contributed by atoms with van der Waals surface area (Å²) in [5, 5.41) is 7.07. The first kappa shape index (κ1) is 17.0. The van der Waals surface area contributed by atoms with E-state index in [4.69, 9.17) is 9.47 Å². The van der Waals surface area contributed by atoms with E-state index in [0.717, 1.165) is 10.2 Å². The van der Waals surface area contributed by atoms with Crippen LogP contribution >= 0.6 is 15.9 Å². The number of ether oxygens (including phenoxy) is 2. The molecule has 0 bridgehead atoms. The van der Waals surface area contributed by atoms with Crippen LogP contribution in [0.15, 0.2) is 59.3 Å². The zero-order valence-electron chi connectivity index (χ0n) is 13.7. The summed E-state index contributed by atoms with van der Waals surface area (Å²) in [5.74, 6) is 0.860. The van der Waals surface area contributed by atoms with Crippen molar-refractivity contribution in [2.45, 2.75) is 0 Å². The Morgan fingerprint density at radius 2 is 1.80 bits per heavy atom. The topological polar surface area (TPSA) is 65.4 Å². The molecular formula is C18H16BrN3O3. The van der Waals surface area contributed by atoms with Crippen molar-refractivity contribution in [1.29, 1.82) is 0 Å². The summed E-state index contributed by atoms with van der Waals surface area (Å²) >= 11 is 3.36. The van der Waals surface area contributed by atoms with Crippen molar-refractivity contribution in [3.8, 4) is 17.2 Å². The highest BCUT2D eigenvalue weighted by Gasteiger charge is 2.11. The number of anilines is 1. The van der Waals surface area contributed by atoms with Gasteiger partial charge in [0.25, 0.3) is 5.91 Å². The van der Waals surface area contributed by atoms with Crippen LogP contribution < -0.4 is 14.8 Å². The van der Waals surface area contributed by atoms with Crippen molar-refractivity contribution in [2.24, 2.45) is 0 Å². The van der Waals surface area contributed by atoms with Crippen LogP contribution in [-0.4, -0.2) is 29.9 Å². The number of halogens is 1. The van der Waals surface area contributed by atoms with Gasteiger partial charge in [-0.2, -0.15) is 5.10 Å². The van der Waals surface area contributed by atoms with Gasteiger partial charge in [-0.05, 0) is 58.4 Å². The molecule has 1 amide bonds. The van der Waals surface area contributed by atoms with E-state index < -0.39 is 0 Å². The van der Waals surface area contributed by atoms with Gasteiger partial charge in [-0.1, -0.05) is 0 Å². The Kier molecular flexibility index (Phi) is 5.04. The number of hydrogen-bond donors (Lipinski definition) is 1. The SMILES string of the molecule is COc1ccc(C(=O)Nc2ccc(-n3cc(Br)cn3)cc2)cc1OC. The van der Waals surface area contributed by atoms with E-state index >= 15 is 0 Å². The monoisotopic (exact) mass is 401 g/mol. The second-order valence-electron chi connectivity index (χ2n) is 5.17. The summed E-state index contributed by atoms with van der Waals surface area (Å²) in [5.41, 5.74) is 2.07. The fourth-order valence-electron chi connectivity index (χ4n) is 2.32. The van der Waals surface area contributed by atoms with Crippen molar-refractivity contribution in [3.63, 3.8) is 0 Å². The molecule has 0 spiro atoms. The molecule has 0 aliphatic heterocycles. The molecule has 0 unspecified atom stereocenters. The Labute approximate surface area is 153 Å². The van der Waals surface area contributed by atoms with E-state index in [1.54, 1.807) is 36.2 Å². The van der Waals surface area contributed by atoms with Gasteiger partial charge in [-0.15, -0.1) is 0 Å². The number of benzene rings is 2. The third-order valence-corrected chi connectivity index (χ3v) is 4.00. The van der Waals surface area contributed by atoms with Crippen LogP contribution in [0.1, 0.15) is 10.4 Å². The molecule has 1 N–H and O–H groups in total. The average Bonchev–Trinajstić information content (AvgIpc) is 3.08. The van der Waals surface area contributed by atoms with Crippen molar-refractivity contribution in [2.75, 3.05) is 19.5 Å². The normalized spacial score (nSPS) is 10.4. The number of methoxy groups -OCH3 is 2. The van der Waals surface area contributed by atoms with Crippen molar-refractivity contribution in [3.05, 3.63) is 64.9 Å². The molecule has 2 aromatic carbocycles. The van der Waals surface area contributed by atoms with Gasteiger partial charge in [0.2, 0.25) is 0 Å². The van der Waals surface area contributed by atoms with Gasteiger partial charge in [-0.3, -0.25) is 4.79 Å². The van der Waals surface area contributed by atoms with Gasteiger partial charge in [0.1, 0.15) is 0 Å². The Morgan fingerprint density at radius 1 is 1.08 bits per heavy atom. The van der Waals surface area contributed by atoms with E-state index in [1.165, 1.54) is 7.11 Å². The van der Waals surface area contributed by atoms with Gasteiger partial charge in [0.05, 0.1) is 30.6 Å². The lowest BCUT2D eigenvalue weighted by Crippen LogP contribution is -2.12. The number of rotatable bonds is 5. The Morgan fingerprint density at radius 3 is 2.40 bits per heavy atom. The quantitative estimate of drug-likeness (QED) is 0.703. The van der Waals surface area contributed by atoms with Crippen molar-refractivity contribution >= 4 is 27.5 Å². The van der Waals surface area contributed by atoms with Gasteiger partial charge >= 0.3 is 0 Å². The first-order chi connectivity index (χ1) is 12.1. The third-order valence-electron chi connectivity index (χ3n) is 3.59. The lowest BCUT2D eigenvalue weighted by atomic mass is 10.2. The first-order valence-corrected chi connectivity index (χ1v) is 8.24. The number of carbonyl (C=O) groups excluding carboxylic acids is 1. The summed E-state index contributed by atoms with van der Waals surface area (Å²) in [6, 6.07) is 12.4. The van der Waals surface area contributed by atoms with Crippen LogP contribution in [0.25, 0.3) is 5.69 Å². The van der Waals surface area contributed by atoms with Gasteiger partial charge < -0.3 is 14.8 Å². The molecule has 25 heavy (non-hydrogen) atoms. The van der Waals surface area contributed by atoms with E-state index in [9.17, 15) is 4.79 Å².